The Kier molecular flexibility index (Phi) is 5.03. The van der Waals surface area contributed by atoms with E-state index in [1.54, 1.807) is 0 Å². The van der Waals surface area contributed by atoms with Crippen molar-refractivity contribution in [3.05, 3.63) is 34.3 Å². The molecule has 0 spiro atoms. The third-order valence-electron chi connectivity index (χ3n) is 2.57. The van der Waals surface area contributed by atoms with Crippen LogP contribution >= 0.6 is 11.6 Å². The summed E-state index contributed by atoms with van der Waals surface area (Å²) in [5, 5.41) is 0.932. The Balaban J connectivity index is 2.57. The molecule has 0 atom stereocenters. The second-order valence-electron chi connectivity index (χ2n) is 3.74. The van der Waals surface area contributed by atoms with Crippen LogP contribution in [0.5, 0.6) is 0 Å². The summed E-state index contributed by atoms with van der Waals surface area (Å²) in [4.78, 5) is 0. The molecule has 1 aromatic carbocycles. The van der Waals surface area contributed by atoms with Crippen LogP contribution in [-0.2, 0) is 12.8 Å². The second-order valence-corrected chi connectivity index (χ2v) is 4.14. The molecule has 78 valence electrons. The molecule has 0 fully saturated rings. The number of benzene rings is 1. The largest absolute Gasteiger partial charge is 0.0840 e. The van der Waals surface area contributed by atoms with E-state index >= 15 is 0 Å². The molecule has 1 heteroatoms. The molecule has 0 nitrogen and oxygen atoms in total. The Bertz CT molecular complexity index is 279. The van der Waals surface area contributed by atoms with Crippen molar-refractivity contribution in [2.75, 3.05) is 0 Å². The lowest BCUT2D eigenvalue weighted by atomic mass is 10.0. The normalized spacial score (nSPS) is 10.5. The molecule has 0 aliphatic carbocycles. The Hall–Kier alpha value is -0.490. The lowest BCUT2D eigenvalue weighted by molar-refractivity contribution is 0.717. The highest BCUT2D eigenvalue weighted by molar-refractivity contribution is 6.31. The summed E-state index contributed by atoms with van der Waals surface area (Å²) in [5.41, 5.74) is 2.63. The monoisotopic (exact) mass is 210 g/mol. The zero-order valence-corrected chi connectivity index (χ0v) is 9.90. The maximum absolute atomic E-state index is 6.14. The smallest absolute Gasteiger partial charge is 0.0440 e. The molecule has 0 amide bonds. The SMILES string of the molecule is CCCCCc1ccc(CC)c(Cl)c1. The van der Waals surface area contributed by atoms with Crippen LogP contribution in [0.15, 0.2) is 18.2 Å². The summed E-state index contributed by atoms with van der Waals surface area (Å²) < 4.78 is 0. The van der Waals surface area contributed by atoms with Crippen molar-refractivity contribution < 1.29 is 0 Å². The lowest BCUT2D eigenvalue weighted by Gasteiger charge is -2.05. The fourth-order valence-electron chi connectivity index (χ4n) is 1.61. The van der Waals surface area contributed by atoms with Crippen molar-refractivity contribution in [2.24, 2.45) is 0 Å². The van der Waals surface area contributed by atoms with Gasteiger partial charge in [0.05, 0.1) is 0 Å². The minimum Gasteiger partial charge on any atom is -0.0840 e. The second kappa shape index (κ2) is 6.08. The van der Waals surface area contributed by atoms with Gasteiger partial charge in [0.1, 0.15) is 0 Å². The quantitative estimate of drug-likeness (QED) is 0.622. The summed E-state index contributed by atoms with van der Waals surface area (Å²) in [5.74, 6) is 0. The molecule has 0 aliphatic heterocycles. The van der Waals surface area contributed by atoms with E-state index in [0.717, 1.165) is 17.9 Å². The van der Waals surface area contributed by atoms with Gasteiger partial charge in [0.2, 0.25) is 0 Å². The maximum atomic E-state index is 6.14. The van der Waals surface area contributed by atoms with Crippen LogP contribution in [0.25, 0.3) is 0 Å². The minimum absolute atomic E-state index is 0.932. The molecule has 0 bridgehead atoms. The van der Waals surface area contributed by atoms with E-state index in [2.05, 4.69) is 32.0 Å². The Labute approximate surface area is 92.3 Å². The molecule has 1 aromatic rings. The number of rotatable bonds is 5. The highest BCUT2D eigenvalue weighted by atomic mass is 35.5. The van der Waals surface area contributed by atoms with Gasteiger partial charge in [0.25, 0.3) is 0 Å². The van der Waals surface area contributed by atoms with Gasteiger partial charge in [-0.25, -0.2) is 0 Å². The molecule has 0 saturated heterocycles. The van der Waals surface area contributed by atoms with Crippen molar-refractivity contribution in [3.63, 3.8) is 0 Å². The Morgan fingerprint density at radius 3 is 2.50 bits per heavy atom. The van der Waals surface area contributed by atoms with Crippen LogP contribution in [0, 0.1) is 0 Å². The van der Waals surface area contributed by atoms with E-state index in [1.165, 1.54) is 30.4 Å². The van der Waals surface area contributed by atoms with Crippen LogP contribution in [0.1, 0.15) is 44.2 Å². The van der Waals surface area contributed by atoms with Crippen LogP contribution in [0.3, 0.4) is 0 Å². The van der Waals surface area contributed by atoms with Crippen LogP contribution in [0.4, 0.5) is 0 Å². The van der Waals surface area contributed by atoms with Gasteiger partial charge in [-0.15, -0.1) is 0 Å². The third kappa shape index (κ3) is 3.34. The highest BCUT2D eigenvalue weighted by Gasteiger charge is 1.99. The van der Waals surface area contributed by atoms with Gasteiger partial charge in [0.15, 0.2) is 0 Å². The predicted molar refractivity (Wildman–Crippen MR) is 64.1 cm³/mol. The Morgan fingerprint density at radius 2 is 1.93 bits per heavy atom. The summed E-state index contributed by atoms with van der Waals surface area (Å²) in [6.07, 6.45) is 6.05. The van der Waals surface area contributed by atoms with Crippen LogP contribution < -0.4 is 0 Å². The molecule has 0 aromatic heterocycles. The van der Waals surface area contributed by atoms with Gasteiger partial charge in [-0.05, 0) is 36.5 Å². The predicted octanol–water partition coefficient (Wildman–Crippen LogP) is 4.64. The number of hydrogen-bond donors (Lipinski definition) is 0. The maximum Gasteiger partial charge on any atom is 0.0440 e. The molecule has 0 unspecified atom stereocenters. The van der Waals surface area contributed by atoms with E-state index in [9.17, 15) is 0 Å². The lowest BCUT2D eigenvalue weighted by Crippen LogP contribution is -1.88. The van der Waals surface area contributed by atoms with Gasteiger partial charge in [-0.3, -0.25) is 0 Å². The van der Waals surface area contributed by atoms with Crippen molar-refractivity contribution in [2.45, 2.75) is 46.0 Å². The number of unbranched alkanes of at least 4 members (excludes halogenated alkanes) is 2. The van der Waals surface area contributed by atoms with Crippen molar-refractivity contribution in [3.8, 4) is 0 Å². The van der Waals surface area contributed by atoms with E-state index in [-0.39, 0.29) is 0 Å². The van der Waals surface area contributed by atoms with Crippen molar-refractivity contribution in [1.82, 2.24) is 0 Å². The van der Waals surface area contributed by atoms with Gasteiger partial charge in [0, 0.05) is 5.02 Å². The van der Waals surface area contributed by atoms with Gasteiger partial charge in [-0.1, -0.05) is 50.4 Å². The molecule has 1 rings (SSSR count). The standard InChI is InChI=1S/C13H19Cl/c1-3-5-6-7-11-8-9-12(4-2)13(14)10-11/h8-10H,3-7H2,1-2H3. The molecule has 0 N–H and O–H groups in total. The van der Waals surface area contributed by atoms with Gasteiger partial charge in [-0.2, -0.15) is 0 Å². The summed E-state index contributed by atoms with van der Waals surface area (Å²) in [7, 11) is 0. The zero-order chi connectivity index (χ0) is 10.4. The van der Waals surface area contributed by atoms with Crippen LogP contribution in [0.2, 0.25) is 5.02 Å². The minimum atomic E-state index is 0.932. The topological polar surface area (TPSA) is 0 Å². The first-order chi connectivity index (χ1) is 6.77. The van der Waals surface area contributed by atoms with Gasteiger partial charge >= 0.3 is 0 Å². The molecule has 14 heavy (non-hydrogen) atoms. The third-order valence-corrected chi connectivity index (χ3v) is 2.92. The van der Waals surface area contributed by atoms with E-state index in [4.69, 9.17) is 11.6 Å². The fraction of sp³-hybridized carbons (Fsp3) is 0.538. The molecular formula is C13H19Cl. The number of aryl methyl sites for hydroxylation is 2. The molecule has 0 radical (unpaired) electrons. The number of halogens is 1. The molecular weight excluding hydrogens is 192 g/mol. The number of hydrogen-bond acceptors (Lipinski definition) is 0. The first-order valence-corrected chi connectivity index (χ1v) is 5.93. The van der Waals surface area contributed by atoms with Gasteiger partial charge < -0.3 is 0 Å². The first-order valence-electron chi connectivity index (χ1n) is 5.55. The average Bonchev–Trinajstić information content (AvgIpc) is 2.18. The molecule has 0 aliphatic rings. The van der Waals surface area contributed by atoms with E-state index in [1.807, 2.05) is 0 Å². The molecule has 0 heterocycles. The van der Waals surface area contributed by atoms with Crippen molar-refractivity contribution in [1.29, 1.82) is 0 Å². The summed E-state index contributed by atoms with van der Waals surface area (Å²) in [6, 6.07) is 6.49. The summed E-state index contributed by atoms with van der Waals surface area (Å²) in [6.45, 7) is 4.37. The average molecular weight is 211 g/mol. The fourth-order valence-corrected chi connectivity index (χ4v) is 1.95. The zero-order valence-electron chi connectivity index (χ0n) is 9.15. The van der Waals surface area contributed by atoms with E-state index in [0.29, 0.717) is 0 Å². The van der Waals surface area contributed by atoms with Crippen molar-refractivity contribution >= 4 is 11.6 Å². The van der Waals surface area contributed by atoms with E-state index < -0.39 is 0 Å². The molecule has 0 saturated carbocycles. The van der Waals surface area contributed by atoms with Crippen LogP contribution in [-0.4, -0.2) is 0 Å². The Morgan fingerprint density at radius 1 is 1.14 bits per heavy atom. The first kappa shape index (κ1) is 11.6. The summed E-state index contributed by atoms with van der Waals surface area (Å²) >= 11 is 6.14. The highest BCUT2D eigenvalue weighted by Crippen LogP contribution is 2.19.